The number of hydrogen-bond donors (Lipinski definition) is 0. The lowest BCUT2D eigenvalue weighted by molar-refractivity contribution is -0.471. The van der Waals surface area contributed by atoms with Crippen LogP contribution in [0.25, 0.3) is 0 Å². The Morgan fingerprint density at radius 2 is 1.17 bits per heavy atom. The standard InChI is InChI=1S/C8H22NOSSi2.BF4/c1-9(11-10)8(12(2,3)4)13(5,6)7;2-1(3,4)5/h8H,1-7H3;/q+1;-1. The summed E-state index contributed by atoms with van der Waals surface area (Å²) in [7, 11) is -6.54. The molecule has 0 saturated heterocycles. The summed E-state index contributed by atoms with van der Waals surface area (Å²) in [5.41, 5.74) is 0. The van der Waals surface area contributed by atoms with E-state index in [9.17, 15) is 21.5 Å². The first-order valence-electron chi connectivity index (χ1n) is 5.50. The molecule has 0 N–H and O–H groups in total. The Morgan fingerprint density at radius 3 is 1.22 bits per heavy atom. The van der Waals surface area contributed by atoms with Gasteiger partial charge in [-0.2, -0.15) is 0 Å². The SMILES string of the molecule is C[N+](=S=O)C([Si](C)(C)C)[Si](C)(C)C.F[B-](F)(F)F. The van der Waals surface area contributed by atoms with Gasteiger partial charge in [0.25, 0.3) is 0 Å². The molecule has 0 aliphatic rings. The lowest BCUT2D eigenvalue weighted by Crippen LogP contribution is -2.58. The minimum atomic E-state index is -6.00. The Balaban J connectivity index is 0. The Hall–Kier alpha value is 0.0387. The van der Waals surface area contributed by atoms with E-state index < -0.39 is 23.4 Å². The van der Waals surface area contributed by atoms with E-state index in [1.54, 1.807) is 0 Å². The summed E-state index contributed by atoms with van der Waals surface area (Å²) in [6, 6.07) is 0. The Labute approximate surface area is 112 Å². The first-order valence-corrected chi connectivity index (χ1v) is 13.4. The molecule has 10 heteroatoms. The van der Waals surface area contributed by atoms with Crippen LogP contribution in [0.2, 0.25) is 39.3 Å². The maximum Gasteiger partial charge on any atom is 0.673 e. The van der Waals surface area contributed by atoms with Crippen molar-refractivity contribution in [2.45, 2.75) is 44.6 Å². The fourth-order valence-corrected chi connectivity index (χ4v) is 17.2. The van der Waals surface area contributed by atoms with Crippen molar-refractivity contribution in [1.29, 1.82) is 0 Å². The Bertz CT molecular complexity index is 301. The molecule has 0 fully saturated rings. The second-order valence-electron chi connectivity index (χ2n) is 6.25. The predicted octanol–water partition coefficient (Wildman–Crippen LogP) is 3.45. The van der Waals surface area contributed by atoms with E-state index in [4.69, 9.17) is 0 Å². The average molecular weight is 323 g/mol. The summed E-state index contributed by atoms with van der Waals surface area (Å²) in [4.78, 5) is 0. The zero-order chi connectivity index (χ0) is 15.4. The zero-order valence-corrected chi connectivity index (χ0v) is 14.7. The summed E-state index contributed by atoms with van der Waals surface area (Å²) in [6.45, 7) is 14.1. The molecule has 0 bridgehead atoms. The molecule has 0 spiro atoms. The zero-order valence-electron chi connectivity index (χ0n) is 11.9. The molecule has 0 rings (SSSR count). The number of nitrogens with zero attached hydrogens (tertiary/aromatic N) is 1. The minimum absolute atomic E-state index is 0.558. The highest BCUT2D eigenvalue weighted by molar-refractivity contribution is 7.51. The first-order chi connectivity index (χ1) is 7.60. The fourth-order valence-electron chi connectivity index (χ4n) is 2.43. The highest BCUT2D eigenvalue weighted by atomic mass is 32.1. The van der Waals surface area contributed by atoms with Gasteiger partial charge >= 0.3 is 18.7 Å². The Kier molecular flexibility index (Phi) is 7.91. The van der Waals surface area contributed by atoms with Crippen molar-refractivity contribution in [3.8, 4) is 0 Å². The maximum atomic E-state index is 10.9. The van der Waals surface area contributed by atoms with Gasteiger partial charge in [-0.05, 0) is 0 Å². The molecule has 0 atom stereocenters. The fraction of sp³-hybridized carbons (Fsp3) is 1.00. The molecule has 0 amide bonds. The number of halogens is 4. The van der Waals surface area contributed by atoms with Gasteiger partial charge in [0.05, 0.1) is 0 Å². The predicted molar refractivity (Wildman–Crippen MR) is 75.0 cm³/mol. The van der Waals surface area contributed by atoms with Crippen molar-refractivity contribution in [2.24, 2.45) is 0 Å². The quantitative estimate of drug-likeness (QED) is 0.442. The van der Waals surface area contributed by atoms with Gasteiger partial charge < -0.3 is 17.3 Å². The molecule has 0 aliphatic carbocycles. The smallest absolute Gasteiger partial charge is 0.418 e. The van der Waals surface area contributed by atoms with Crippen molar-refractivity contribution in [2.75, 3.05) is 7.05 Å². The van der Waals surface area contributed by atoms with Crippen LogP contribution in [0.15, 0.2) is 0 Å². The van der Waals surface area contributed by atoms with Crippen LogP contribution in [0.1, 0.15) is 0 Å². The van der Waals surface area contributed by atoms with Gasteiger partial charge in [0, 0.05) is 0 Å². The van der Waals surface area contributed by atoms with Crippen molar-refractivity contribution in [3.63, 3.8) is 0 Å². The molecular formula is C8H22BF4NOSSi2. The van der Waals surface area contributed by atoms with E-state index >= 15 is 0 Å². The van der Waals surface area contributed by atoms with Crippen molar-refractivity contribution < 1.29 is 25.4 Å². The van der Waals surface area contributed by atoms with E-state index in [0.717, 1.165) is 0 Å². The van der Waals surface area contributed by atoms with Crippen LogP contribution in [-0.2, 0) is 11.5 Å². The third-order valence-electron chi connectivity index (χ3n) is 2.12. The molecule has 0 unspecified atom stereocenters. The largest absolute Gasteiger partial charge is 0.673 e. The van der Waals surface area contributed by atoms with Crippen LogP contribution >= 0.6 is 0 Å². The van der Waals surface area contributed by atoms with Crippen LogP contribution < -0.4 is 0 Å². The van der Waals surface area contributed by atoms with Crippen molar-refractivity contribution in [3.05, 3.63) is 0 Å². The molecule has 0 radical (unpaired) electrons. The van der Waals surface area contributed by atoms with E-state index in [1.165, 1.54) is 0 Å². The molecule has 110 valence electrons. The molecule has 2 nitrogen and oxygen atoms in total. The van der Waals surface area contributed by atoms with E-state index in [0.29, 0.717) is 16.8 Å². The van der Waals surface area contributed by atoms with Crippen molar-refractivity contribution in [1.82, 2.24) is 0 Å². The van der Waals surface area contributed by atoms with Gasteiger partial charge in [0.15, 0.2) is 0 Å². The number of hydrogen-bond acceptors (Lipinski definition) is 1. The van der Waals surface area contributed by atoms with Gasteiger partial charge in [0.2, 0.25) is 0 Å². The van der Waals surface area contributed by atoms with Gasteiger partial charge in [-0.1, -0.05) is 39.3 Å². The van der Waals surface area contributed by atoms with Crippen LogP contribution in [0, 0.1) is 0 Å². The first kappa shape index (κ1) is 20.4. The van der Waals surface area contributed by atoms with E-state index in [2.05, 4.69) is 39.3 Å². The van der Waals surface area contributed by atoms with Crippen LogP contribution in [-0.4, -0.2) is 43.9 Å². The summed E-state index contributed by atoms with van der Waals surface area (Å²) in [6.07, 6.45) is 0. The summed E-state index contributed by atoms with van der Waals surface area (Å²) in [5.74, 6) is 0. The van der Waals surface area contributed by atoms with Crippen LogP contribution in [0.5, 0.6) is 0 Å². The highest BCUT2D eigenvalue weighted by Crippen LogP contribution is 2.21. The minimum Gasteiger partial charge on any atom is -0.418 e. The molecule has 0 saturated carbocycles. The Morgan fingerprint density at radius 1 is 0.944 bits per heavy atom. The number of rotatable bonds is 3. The molecule has 0 aromatic heterocycles. The average Bonchev–Trinajstić information content (AvgIpc) is 1.94. The maximum absolute atomic E-state index is 10.9. The van der Waals surface area contributed by atoms with Gasteiger partial charge in [-0.15, -0.1) is 8.15 Å². The van der Waals surface area contributed by atoms with Gasteiger partial charge in [-0.3, -0.25) is 0 Å². The summed E-state index contributed by atoms with van der Waals surface area (Å²) >= 11 is 0.639. The molecular weight excluding hydrogens is 301 g/mol. The second-order valence-corrected chi connectivity index (χ2v) is 18.1. The van der Waals surface area contributed by atoms with Crippen molar-refractivity contribution >= 4 is 34.9 Å². The highest BCUT2D eigenvalue weighted by Gasteiger charge is 2.45. The molecule has 0 heterocycles. The topological polar surface area (TPSA) is 20.1 Å². The molecule has 0 aliphatic heterocycles. The molecule has 0 aromatic rings. The summed E-state index contributed by atoms with van der Waals surface area (Å²) < 4.78 is 51.8. The molecule has 18 heavy (non-hydrogen) atoms. The van der Waals surface area contributed by atoms with Gasteiger partial charge in [-0.25, -0.2) is 0 Å². The van der Waals surface area contributed by atoms with Gasteiger partial charge in [0.1, 0.15) is 28.5 Å². The van der Waals surface area contributed by atoms with Crippen LogP contribution in [0.3, 0.4) is 0 Å². The summed E-state index contributed by atoms with van der Waals surface area (Å²) in [5, 5.41) is 0.558. The third-order valence-corrected chi connectivity index (χ3v) is 12.2. The monoisotopic (exact) mass is 323 g/mol. The normalized spacial score (nSPS) is 12.9. The lowest BCUT2D eigenvalue weighted by Gasteiger charge is -2.31. The van der Waals surface area contributed by atoms with E-state index in [-0.39, 0.29) is 0 Å². The lowest BCUT2D eigenvalue weighted by atomic mass is 10.3. The third kappa shape index (κ3) is 11.1. The van der Waals surface area contributed by atoms with Crippen LogP contribution in [0.4, 0.5) is 17.3 Å². The second kappa shape index (κ2) is 6.99. The molecule has 0 aromatic carbocycles. The van der Waals surface area contributed by atoms with E-state index in [1.807, 2.05) is 11.0 Å².